The Morgan fingerprint density at radius 1 is 1.50 bits per heavy atom. The van der Waals surface area contributed by atoms with Gasteiger partial charge in [-0.05, 0) is 6.08 Å². The molecule has 1 aromatic rings. The lowest BCUT2D eigenvalue weighted by Gasteiger charge is -2.03. The molecule has 6 heteroatoms. The van der Waals surface area contributed by atoms with Gasteiger partial charge >= 0.3 is 0 Å². The lowest BCUT2D eigenvalue weighted by molar-refractivity contribution is -0.104. The van der Waals surface area contributed by atoms with E-state index in [9.17, 15) is 4.79 Å². The van der Waals surface area contributed by atoms with Crippen molar-refractivity contribution in [1.82, 2.24) is 9.97 Å². The summed E-state index contributed by atoms with van der Waals surface area (Å²) in [5.74, 6) is 0.606. The molecule has 0 fully saturated rings. The summed E-state index contributed by atoms with van der Waals surface area (Å²) >= 11 is 0. The number of hydrogen-bond donors (Lipinski definition) is 3. The molecule has 1 rings (SSSR count). The number of carbonyl (C=O) groups excluding carboxylic acids is 1. The number of anilines is 1. The molecule has 1 heterocycles. The zero-order chi connectivity index (χ0) is 12.0. The average Bonchev–Trinajstić information content (AvgIpc) is 2.35. The van der Waals surface area contributed by atoms with Crippen LogP contribution in [0.15, 0.2) is 30.4 Å². The van der Waals surface area contributed by atoms with Crippen molar-refractivity contribution in [3.63, 3.8) is 0 Å². The number of nitrogens with one attached hydrogen (secondary N) is 1. The van der Waals surface area contributed by atoms with Crippen molar-refractivity contribution in [2.24, 2.45) is 11.5 Å². The second-order valence-corrected chi connectivity index (χ2v) is 2.92. The van der Waals surface area contributed by atoms with E-state index >= 15 is 0 Å². The molecule has 5 N–H and O–H groups in total. The maximum absolute atomic E-state index is 10.4. The number of aldehydes is 1. The van der Waals surface area contributed by atoms with Gasteiger partial charge in [0, 0.05) is 18.8 Å². The van der Waals surface area contributed by atoms with Gasteiger partial charge in [-0.3, -0.25) is 9.78 Å². The molecule has 0 aliphatic rings. The molecule has 0 amide bonds. The Morgan fingerprint density at radius 2 is 2.25 bits per heavy atom. The molecule has 0 aliphatic carbocycles. The largest absolute Gasteiger partial charge is 0.404 e. The van der Waals surface area contributed by atoms with E-state index in [1.165, 1.54) is 18.5 Å². The lowest BCUT2D eigenvalue weighted by atomic mass is 10.2. The standard InChI is InChI=1S/C10H13N5O/c1-13-10-5-14-4-9(15-10)7(3-11)2-8(12)6-16/h2-6H,11-12H2,1H3,(H,13,15)/b7-3+,8-2+. The van der Waals surface area contributed by atoms with E-state index in [4.69, 9.17) is 11.5 Å². The van der Waals surface area contributed by atoms with Crippen LogP contribution in [0.3, 0.4) is 0 Å². The van der Waals surface area contributed by atoms with Gasteiger partial charge in [-0.25, -0.2) is 4.98 Å². The number of hydrogen-bond acceptors (Lipinski definition) is 6. The van der Waals surface area contributed by atoms with Crippen LogP contribution in [0.5, 0.6) is 0 Å². The molecule has 0 atom stereocenters. The zero-order valence-electron chi connectivity index (χ0n) is 8.84. The van der Waals surface area contributed by atoms with Crippen LogP contribution in [0.2, 0.25) is 0 Å². The van der Waals surface area contributed by atoms with Gasteiger partial charge in [-0.1, -0.05) is 0 Å². The smallest absolute Gasteiger partial charge is 0.165 e. The van der Waals surface area contributed by atoms with Crippen molar-refractivity contribution >= 4 is 17.7 Å². The highest BCUT2D eigenvalue weighted by Crippen LogP contribution is 2.13. The van der Waals surface area contributed by atoms with Crippen molar-refractivity contribution in [3.8, 4) is 0 Å². The Morgan fingerprint density at radius 3 is 2.81 bits per heavy atom. The second kappa shape index (κ2) is 5.50. The van der Waals surface area contributed by atoms with Gasteiger partial charge in [0.25, 0.3) is 0 Å². The molecule has 0 saturated heterocycles. The predicted molar refractivity (Wildman–Crippen MR) is 62.1 cm³/mol. The summed E-state index contributed by atoms with van der Waals surface area (Å²) < 4.78 is 0. The van der Waals surface area contributed by atoms with Gasteiger partial charge < -0.3 is 16.8 Å². The first-order valence-electron chi connectivity index (χ1n) is 4.55. The normalized spacial score (nSPS) is 12.3. The van der Waals surface area contributed by atoms with Crippen LogP contribution in [-0.2, 0) is 4.79 Å². The van der Waals surface area contributed by atoms with Gasteiger partial charge in [0.05, 0.1) is 23.8 Å². The molecule has 16 heavy (non-hydrogen) atoms. The van der Waals surface area contributed by atoms with E-state index in [-0.39, 0.29) is 5.70 Å². The Balaban J connectivity index is 3.10. The summed E-state index contributed by atoms with van der Waals surface area (Å²) in [5.41, 5.74) is 12.0. The maximum atomic E-state index is 10.4. The second-order valence-electron chi connectivity index (χ2n) is 2.92. The maximum Gasteiger partial charge on any atom is 0.165 e. The SMILES string of the molecule is CNc1cncc(C(/C=C(/N)C=O)=C/N)n1. The fourth-order valence-electron chi connectivity index (χ4n) is 1.05. The average molecular weight is 219 g/mol. The molecular weight excluding hydrogens is 206 g/mol. The Hall–Kier alpha value is -2.37. The third kappa shape index (κ3) is 2.81. The molecule has 1 aromatic heterocycles. The summed E-state index contributed by atoms with van der Waals surface area (Å²) in [5, 5.41) is 2.85. The summed E-state index contributed by atoms with van der Waals surface area (Å²) in [6, 6.07) is 0. The fraction of sp³-hybridized carbons (Fsp3) is 0.100. The van der Waals surface area contributed by atoms with Gasteiger partial charge in [0.1, 0.15) is 5.82 Å². The highest BCUT2D eigenvalue weighted by Gasteiger charge is 2.02. The Labute approximate surface area is 93.1 Å². The number of nitrogens with zero attached hydrogens (tertiary/aromatic N) is 2. The number of nitrogens with two attached hydrogens (primary N) is 2. The van der Waals surface area contributed by atoms with Gasteiger partial charge in [0.2, 0.25) is 0 Å². The molecule has 0 radical (unpaired) electrons. The first kappa shape index (κ1) is 11.7. The Bertz CT molecular complexity index is 439. The van der Waals surface area contributed by atoms with Crippen molar-refractivity contribution in [1.29, 1.82) is 0 Å². The Kier molecular flexibility index (Phi) is 4.02. The van der Waals surface area contributed by atoms with E-state index in [2.05, 4.69) is 15.3 Å². The van der Waals surface area contributed by atoms with E-state index < -0.39 is 0 Å². The van der Waals surface area contributed by atoms with Crippen LogP contribution in [0.4, 0.5) is 5.82 Å². The molecule has 0 unspecified atom stereocenters. The molecule has 0 aliphatic heterocycles. The first-order valence-corrected chi connectivity index (χ1v) is 4.55. The van der Waals surface area contributed by atoms with Crippen LogP contribution in [0.25, 0.3) is 5.57 Å². The zero-order valence-corrected chi connectivity index (χ0v) is 8.84. The third-order valence-electron chi connectivity index (χ3n) is 1.82. The van der Waals surface area contributed by atoms with Crippen LogP contribution < -0.4 is 16.8 Å². The van der Waals surface area contributed by atoms with Crippen LogP contribution in [-0.4, -0.2) is 23.3 Å². The first-order chi connectivity index (χ1) is 7.71. The number of rotatable bonds is 4. The van der Waals surface area contributed by atoms with Gasteiger partial charge in [0.15, 0.2) is 6.29 Å². The van der Waals surface area contributed by atoms with Crippen molar-refractivity contribution in [2.45, 2.75) is 0 Å². The highest BCUT2D eigenvalue weighted by molar-refractivity contribution is 5.81. The predicted octanol–water partition coefficient (Wildman–Crippen LogP) is -0.141. The minimum Gasteiger partial charge on any atom is -0.404 e. The molecule has 0 saturated carbocycles. The van der Waals surface area contributed by atoms with Crippen molar-refractivity contribution in [3.05, 3.63) is 36.1 Å². The van der Waals surface area contributed by atoms with Gasteiger partial charge in [-0.2, -0.15) is 0 Å². The summed E-state index contributed by atoms with van der Waals surface area (Å²) in [6.07, 6.45) is 6.41. The number of carbonyl (C=O) groups is 1. The van der Waals surface area contributed by atoms with E-state index in [1.54, 1.807) is 13.2 Å². The molecule has 0 bridgehead atoms. The van der Waals surface area contributed by atoms with E-state index in [0.29, 0.717) is 23.4 Å². The minimum atomic E-state index is 0.0772. The monoisotopic (exact) mass is 219 g/mol. The van der Waals surface area contributed by atoms with E-state index in [0.717, 1.165) is 0 Å². The van der Waals surface area contributed by atoms with Crippen molar-refractivity contribution < 1.29 is 4.79 Å². The van der Waals surface area contributed by atoms with E-state index in [1.807, 2.05) is 0 Å². The molecule has 0 spiro atoms. The quantitative estimate of drug-likeness (QED) is 0.369. The summed E-state index contributed by atoms with van der Waals surface area (Å²) in [6.45, 7) is 0. The van der Waals surface area contributed by atoms with Gasteiger partial charge in [-0.15, -0.1) is 0 Å². The lowest BCUT2D eigenvalue weighted by Crippen LogP contribution is -2.02. The third-order valence-corrected chi connectivity index (χ3v) is 1.82. The molecular formula is C10H13N5O. The van der Waals surface area contributed by atoms with Crippen LogP contribution in [0, 0.1) is 0 Å². The van der Waals surface area contributed by atoms with Crippen molar-refractivity contribution in [2.75, 3.05) is 12.4 Å². The molecule has 6 nitrogen and oxygen atoms in total. The van der Waals surface area contributed by atoms with Crippen LogP contribution >= 0.6 is 0 Å². The molecule has 84 valence electrons. The number of aromatic nitrogens is 2. The minimum absolute atomic E-state index is 0.0772. The highest BCUT2D eigenvalue weighted by atomic mass is 16.1. The topological polar surface area (TPSA) is 107 Å². The summed E-state index contributed by atoms with van der Waals surface area (Å²) in [4.78, 5) is 18.6. The molecule has 0 aromatic carbocycles. The summed E-state index contributed by atoms with van der Waals surface area (Å²) in [7, 11) is 1.73. The number of allylic oxidation sites excluding steroid dienone is 3. The van der Waals surface area contributed by atoms with Crippen LogP contribution in [0.1, 0.15) is 5.69 Å². The fourth-order valence-corrected chi connectivity index (χ4v) is 1.05.